The molecule has 0 bridgehead atoms. The number of nitrogens with zero attached hydrogens (tertiary/aromatic N) is 2. The molecule has 0 aromatic heterocycles. The number of benzene rings is 1. The van der Waals surface area contributed by atoms with E-state index in [-0.39, 0.29) is 0 Å². The Kier molecular flexibility index (Phi) is 5.70. The first-order valence-corrected chi connectivity index (χ1v) is 10.6. The molecule has 3 aliphatic rings. The van der Waals surface area contributed by atoms with Crippen LogP contribution in [0.15, 0.2) is 29.3 Å². The van der Waals surface area contributed by atoms with Crippen molar-refractivity contribution >= 4 is 17.6 Å². The molecule has 4 nitrogen and oxygen atoms in total. The topological polar surface area (TPSA) is 39.7 Å². The van der Waals surface area contributed by atoms with Crippen LogP contribution in [0.5, 0.6) is 0 Å². The standard InChI is InChI=1S/C21H31ClN4/c1-23-21(25-20-14-19(20)15-5-4-6-16(22)13-15)24-17-9-11-26(12-10-17)18-7-2-3-8-18/h4-6,13,17-20H,2-3,7-12,14H2,1H3,(H2,23,24,25). The zero-order chi connectivity index (χ0) is 17.9. The Morgan fingerprint density at radius 2 is 1.88 bits per heavy atom. The van der Waals surface area contributed by atoms with Crippen molar-refractivity contribution in [1.82, 2.24) is 15.5 Å². The Morgan fingerprint density at radius 1 is 1.12 bits per heavy atom. The van der Waals surface area contributed by atoms with Gasteiger partial charge in [-0.25, -0.2) is 0 Å². The number of halogens is 1. The van der Waals surface area contributed by atoms with Gasteiger partial charge in [0.2, 0.25) is 0 Å². The molecule has 2 atom stereocenters. The molecule has 142 valence electrons. The fourth-order valence-corrected chi connectivity index (χ4v) is 4.88. The van der Waals surface area contributed by atoms with Crippen LogP contribution in [-0.4, -0.2) is 49.1 Å². The fraction of sp³-hybridized carbons (Fsp3) is 0.667. The molecular formula is C21H31ClN4. The van der Waals surface area contributed by atoms with Gasteiger partial charge in [-0.1, -0.05) is 36.6 Å². The molecule has 2 aliphatic carbocycles. The lowest BCUT2D eigenvalue weighted by molar-refractivity contribution is 0.150. The predicted octanol–water partition coefficient (Wildman–Crippen LogP) is 3.77. The zero-order valence-corrected chi connectivity index (χ0v) is 16.5. The van der Waals surface area contributed by atoms with Crippen LogP contribution in [0.4, 0.5) is 0 Å². The van der Waals surface area contributed by atoms with Crippen molar-refractivity contribution < 1.29 is 0 Å². The van der Waals surface area contributed by atoms with E-state index in [4.69, 9.17) is 11.6 Å². The molecule has 0 spiro atoms. The molecule has 1 saturated heterocycles. The third kappa shape index (κ3) is 4.34. The number of hydrogen-bond acceptors (Lipinski definition) is 2. The van der Waals surface area contributed by atoms with E-state index >= 15 is 0 Å². The Bertz CT molecular complexity index is 633. The van der Waals surface area contributed by atoms with Gasteiger partial charge < -0.3 is 15.5 Å². The molecule has 0 amide bonds. The minimum absolute atomic E-state index is 0.471. The van der Waals surface area contributed by atoms with Gasteiger partial charge in [0.15, 0.2) is 5.96 Å². The molecule has 1 aromatic carbocycles. The first-order chi connectivity index (χ1) is 12.7. The van der Waals surface area contributed by atoms with Gasteiger partial charge in [0.05, 0.1) is 0 Å². The number of rotatable bonds is 4. The third-order valence-corrected chi connectivity index (χ3v) is 6.56. The van der Waals surface area contributed by atoms with Crippen LogP contribution in [0.1, 0.15) is 56.4 Å². The largest absolute Gasteiger partial charge is 0.354 e. The number of piperidine rings is 1. The summed E-state index contributed by atoms with van der Waals surface area (Å²) in [5.41, 5.74) is 1.33. The van der Waals surface area contributed by atoms with Gasteiger partial charge >= 0.3 is 0 Å². The molecule has 26 heavy (non-hydrogen) atoms. The molecular weight excluding hydrogens is 344 g/mol. The van der Waals surface area contributed by atoms with Gasteiger partial charge in [0.25, 0.3) is 0 Å². The maximum Gasteiger partial charge on any atom is 0.191 e. The summed E-state index contributed by atoms with van der Waals surface area (Å²) in [4.78, 5) is 7.18. The summed E-state index contributed by atoms with van der Waals surface area (Å²) in [6.45, 7) is 2.46. The monoisotopic (exact) mass is 374 g/mol. The van der Waals surface area contributed by atoms with Crippen LogP contribution in [0, 0.1) is 0 Å². The average molecular weight is 375 g/mol. The van der Waals surface area contributed by atoms with E-state index in [0.717, 1.165) is 23.4 Å². The van der Waals surface area contributed by atoms with Crippen LogP contribution in [-0.2, 0) is 0 Å². The Labute approximate surface area is 162 Å². The van der Waals surface area contributed by atoms with Gasteiger partial charge in [-0.05, 0) is 49.8 Å². The second-order valence-electron chi connectivity index (χ2n) is 8.11. The highest BCUT2D eigenvalue weighted by Crippen LogP contribution is 2.41. The smallest absolute Gasteiger partial charge is 0.191 e. The lowest BCUT2D eigenvalue weighted by Crippen LogP contribution is -2.50. The molecule has 1 aliphatic heterocycles. The number of nitrogens with one attached hydrogen (secondary N) is 2. The molecule has 1 heterocycles. The van der Waals surface area contributed by atoms with Crippen molar-refractivity contribution in [2.24, 2.45) is 4.99 Å². The van der Waals surface area contributed by atoms with Crippen LogP contribution in [0.3, 0.4) is 0 Å². The Morgan fingerprint density at radius 3 is 2.58 bits per heavy atom. The highest BCUT2D eigenvalue weighted by atomic mass is 35.5. The summed E-state index contributed by atoms with van der Waals surface area (Å²) in [5.74, 6) is 1.51. The van der Waals surface area contributed by atoms with Crippen molar-refractivity contribution in [1.29, 1.82) is 0 Å². The lowest BCUT2D eigenvalue weighted by Gasteiger charge is -2.36. The van der Waals surface area contributed by atoms with Crippen molar-refractivity contribution in [2.75, 3.05) is 20.1 Å². The van der Waals surface area contributed by atoms with E-state index in [2.05, 4.69) is 32.7 Å². The van der Waals surface area contributed by atoms with Crippen molar-refractivity contribution in [2.45, 2.75) is 69.0 Å². The highest BCUT2D eigenvalue weighted by Gasteiger charge is 2.39. The summed E-state index contributed by atoms with van der Waals surface area (Å²) in [6.07, 6.45) is 9.27. The van der Waals surface area contributed by atoms with Crippen LogP contribution in [0.25, 0.3) is 0 Å². The molecule has 2 saturated carbocycles. The first-order valence-electron chi connectivity index (χ1n) is 10.2. The average Bonchev–Trinajstić information content (AvgIpc) is 3.21. The van der Waals surface area contributed by atoms with Crippen LogP contribution < -0.4 is 10.6 Å². The van der Waals surface area contributed by atoms with Crippen LogP contribution in [0.2, 0.25) is 5.02 Å². The minimum Gasteiger partial charge on any atom is -0.354 e. The maximum atomic E-state index is 6.12. The number of likely N-dealkylation sites (tertiary alicyclic amines) is 1. The van der Waals surface area contributed by atoms with Gasteiger partial charge in [-0.2, -0.15) is 0 Å². The third-order valence-electron chi connectivity index (χ3n) is 6.32. The van der Waals surface area contributed by atoms with Gasteiger partial charge in [0.1, 0.15) is 0 Å². The predicted molar refractivity (Wildman–Crippen MR) is 109 cm³/mol. The molecule has 1 aromatic rings. The van der Waals surface area contributed by atoms with E-state index in [1.165, 1.54) is 57.2 Å². The summed E-state index contributed by atoms with van der Waals surface area (Å²) < 4.78 is 0. The summed E-state index contributed by atoms with van der Waals surface area (Å²) in [7, 11) is 1.87. The van der Waals surface area contributed by atoms with Gasteiger partial charge in [0, 0.05) is 49.2 Å². The van der Waals surface area contributed by atoms with E-state index in [1.54, 1.807) is 0 Å². The van der Waals surface area contributed by atoms with E-state index in [0.29, 0.717) is 18.0 Å². The molecule has 2 unspecified atom stereocenters. The van der Waals surface area contributed by atoms with Gasteiger partial charge in [-0.3, -0.25) is 4.99 Å². The maximum absolute atomic E-state index is 6.12. The van der Waals surface area contributed by atoms with Crippen LogP contribution >= 0.6 is 11.6 Å². The van der Waals surface area contributed by atoms with Crippen molar-refractivity contribution in [3.8, 4) is 0 Å². The van der Waals surface area contributed by atoms with E-state index in [9.17, 15) is 0 Å². The molecule has 3 fully saturated rings. The van der Waals surface area contributed by atoms with E-state index in [1.807, 2.05) is 19.2 Å². The Hall–Kier alpha value is -1.26. The zero-order valence-electron chi connectivity index (χ0n) is 15.8. The molecule has 2 N–H and O–H groups in total. The lowest BCUT2D eigenvalue weighted by atomic mass is 10.0. The second-order valence-corrected chi connectivity index (χ2v) is 8.55. The summed E-state index contributed by atoms with van der Waals surface area (Å²) >= 11 is 6.12. The summed E-state index contributed by atoms with van der Waals surface area (Å²) in [5, 5.41) is 8.09. The number of hydrogen-bond donors (Lipinski definition) is 2. The highest BCUT2D eigenvalue weighted by molar-refractivity contribution is 6.30. The molecule has 4 rings (SSSR count). The normalized spacial score (nSPS) is 28.3. The number of guanidine groups is 1. The SMILES string of the molecule is CN=C(NC1CCN(C2CCCC2)CC1)NC1CC1c1cccc(Cl)c1. The summed E-state index contributed by atoms with van der Waals surface area (Å²) in [6, 6.07) is 10.1. The van der Waals surface area contributed by atoms with E-state index < -0.39 is 0 Å². The fourth-order valence-electron chi connectivity index (χ4n) is 4.68. The first kappa shape index (κ1) is 18.1. The van der Waals surface area contributed by atoms with Crippen molar-refractivity contribution in [3.05, 3.63) is 34.9 Å². The molecule has 0 radical (unpaired) electrons. The Balaban J connectivity index is 1.23. The molecule has 5 heteroatoms. The van der Waals surface area contributed by atoms with Crippen molar-refractivity contribution in [3.63, 3.8) is 0 Å². The van der Waals surface area contributed by atoms with Gasteiger partial charge in [-0.15, -0.1) is 0 Å². The minimum atomic E-state index is 0.471. The second kappa shape index (κ2) is 8.18. The number of aliphatic imine (C=N–C) groups is 1. The quantitative estimate of drug-likeness (QED) is 0.622.